The van der Waals surface area contributed by atoms with Crippen LogP contribution in [0.1, 0.15) is 16.7 Å². The standard InChI is InChI=1S/C17H15F3N2O2/c18-17(19,20)24-16-4-2-1-3-14(16)11-22-8-7-13-6-5-12(10-21)9-15(13)23/h1-6,9,22-23H,7-8,11H2. The second-order valence-corrected chi connectivity index (χ2v) is 5.04. The van der Waals surface area contributed by atoms with Crippen molar-refractivity contribution in [3.63, 3.8) is 0 Å². The van der Waals surface area contributed by atoms with Crippen LogP contribution in [0.15, 0.2) is 42.5 Å². The summed E-state index contributed by atoms with van der Waals surface area (Å²) in [5, 5.41) is 21.5. The lowest BCUT2D eigenvalue weighted by Crippen LogP contribution is -2.21. The first kappa shape index (κ1) is 17.6. The zero-order valence-electron chi connectivity index (χ0n) is 12.6. The summed E-state index contributed by atoms with van der Waals surface area (Å²) in [6.45, 7) is 0.642. The third kappa shape index (κ3) is 5.18. The molecule has 7 heteroatoms. The Bertz CT molecular complexity index is 739. The van der Waals surface area contributed by atoms with E-state index in [1.54, 1.807) is 24.3 Å². The van der Waals surface area contributed by atoms with Crippen molar-refractivity contribution in [2.75, 3.05) is 6.54 Å². The summed E-state index contributed by atoms with van der Waals surface area (Å²) in [6, 6.07) is 12.5. The minimum absolute atomic E-state index is 0.0247. The van der Waals surface area contributed by atoms with Crippen molar-refractivity contribution in [1.82, 2.24) is 5.32 Å². The molecule has 2 N–H and O–H groups in total. The van der Waals surface area contributed by atoms with E-state index in [1.807, 2.05) is 6.07 Å². The first-order valence-electron chi connectivity index (χ1n) is 7.15. The molecule has 126 valence electrons. The lowest BCUT2D eigenvalue weighted by molar-refractivity contribution is -0.274. The molecule has 0 aliphatic carbocycles. The van der Waals surface area contributed by atoms with Crippen molar-refractivity contribution in [2.24, 2.45) is 0 Å². The van der Waals surface area contributed by atoms with Crippen molar-refractivity contribution in [3.05, 3.63) is 59.2 Å². The van der Waals surface area contributed by atoms with Gasteiger partial charge in [-0.2, -0.15) is 5.26 Å². The van der Waals surface area contributed by atoms with Gasteiger partial charge in [0.25, 0.3) is 0 Å². The van der Waals surface area contributed by atoms with Gasteiger partial charge in [-0.3, -0.25) is 0 Å². The van der Waals surface area contributed by atoms with Crippen LogP contribution in [0.2, 0.25) is 0 Å². The Balaban J connectivity index is 1.90. The molecule has 2 rings (SSSR count). The van der Waals surface area contributed by atoms with E-state index in [0.29, 0.717) is 29.7 Å². The number of hydrogen-bond acceptors (Lipinski definition) is 4. The number of nitriles is 1. The van der Waals surface area contributed by atoms with Crippen molar-refractivity contribution >= 4 is 0 Å². The topological polar surface area (TPSA) is 65.3 Å². The molecule has 0 fully saturated rings. The maximum atomic E-state index is 12.3. The molecule has 0 spiro atoms. The van der Waals surface area contributed by atoms with Crippen LogP contribution in [-0.4, -0.2) is 18.0 Å². The van der Waals surface area contributed by atoms with Gasteiger partial charge in [0.05, 0.1) is 11.6 Å². The summed E-state index contributed by atoms with van der Waals surface area (Å²) >= 11 is 0. The number of aromatic hydroxyl groups is 1. The van der Waals surface area contributed by atoms with Crippen LogP contribution in [0.5, 0.6) is 11.5 Å². The lowest BCUT2D eigenvalue weighted by Gasteiger charge is -2.13. The van der Waals surface area contributed by atoms with Gasteiger partial charge in [-0.25, -0.2) is 0 Å². The molecule has 0 heterocycles. The van der Waals surface area contributed by atoms with Gasteiger partial charge >= 0.3 is 6.36 Å². The van der Waals surface area contributed by atoms with Gasteiger partial charge in [0.1, 0.15) is 11.5 Å². The fraction of sp³-hybridized carbons (Fsp3) is 0.235. The second kappa shape index (κ2) is 7.70. The highest BCUT2D eigenvalue weighted by molar-refractivity contribution is 5.41. The third-order valence-electron chi connectivity index (χ3n) is 3.30. The average Bonchev–Trinajstić information content (AvgIpc) is 2.52. The van der Waals surface area contributed by atoms with E-state index in [9.17, 15) is 18.3 Å². The minimum Gasteiger partial charge on any atom is -0.508 e. The lowest BCUT2D eigenvalue weighted by atomic mass is 10.1. The maximum Gasteiger partial charge on any atom is 0.573 e. The number of para-hydroxylation sites is 1. The number of phenols is 1. The fourth-order valence-electron chi connectivity index (χ4n) is 2.17. The molecule has 0 aliphatic heterocycles. The van der Waals surface area contributed by atoms with E-state index in [-0.39, 0.29) is 18.0 Å². The number of halogens is 3. The van der Waals surface area contributed by atoms with E-state index in [2.05, 4.69) is 10.1 Å². The second-order valence-electron chi connectivity index (χ2n) is 5.04. The van der Waals surface area contributed by atoms with Gasteiger partial charge in [-0.05, 0) is 36.7 Å². The maximum absolute atomic E-state index is 12.3. The highest BCUT2D eigenvalue weighted by Crippen LogP contribution is 2.26. The summed E-state index contributed by atoms with van der Waals surface area (Å²) in [5.41, 5.74) is 1.41. The molecule has 2 aromatic carbocycles. The molecule has 2 aromatic rings. The van der Waals surface area contributed by atoms with Gasteiger partial charge in [0.2, 0.25) is 0 Å². The van der Waals surface area contributed by atoms with E-state index in [1.165, 1.54) is 18.2 Å². The number of rotatable bonds is 6. The molecule has 0 amide bonds. The summed E-state index contributed by atoms with van der Waals surface area (Å²) in [7, 11) is 0. The molecular weight excluding hydrogens is 321 g/mol. The van der Waals surface area contributed by atoms with E-state index in [4.69, 9.17) is 5.26 Å². The van der Waals surface area contributed by atoms with Crippen molar-refractivity contribution in [3.8, 4) is 17.6 Å². The minimum atomic E-state index is -4.73. The number of phenolic OH excluding ortho intramolecular Hbond substituents is 1. The molecule has 0 atom stereocenters. The van der Waals surface area contributed by atoms with Crippen LogP contribution in [0.25, 0.3) is 0 Å². The monoisotopic (exact) mass is 336 g/mol. The molecule has 0 radical (unpaired) electrons. The predicted molar refractivity (Wildman–Crippen MR) is 81.4 cm³/mol. The number of benzene rings is 2. The van der Waals surface area contributed by atoms with E-state index < -0.39 is 6.36 Å². The molecule has 0 saturated carbocycles. The Kier molecular flexibility index (Phi) is 5.66. The molecule has 4 nitrogen and oxygen atoms in total. The highest BCUT2D eigenvalue weighted by Gasteiger charge is 2.31. The summed E-state index contributed by atoms with van der Waals surface area (Å²) < 4.78 is 41.0. The first-order valence-corrected chi connectivity index (χ1v) is 7.15. The van der Waals surface area contributed by atoms with E-state index >= 15 is 0 Å². The number of nitrogens with zero attached hydrogens (tertiary/aromatic N) is 1. The van der Waals surface area contributed by atoms with Crippen molar-refractivity contribution in [1.29, 1.82) is 5.26 Å². The molecule has 0 bridgehead atoms. The van der Waals surface area contributed by atoms with Gasteiger partial charge in [-0.15, -0.1) is 13.2 Å². The van der Waals surface area contributed by atoms with Gasteiger partial charge in [0.15, 0.2) is 0 Å². The highest BCUT2D eigenvalue weighted by atomic mass is 19.4. The van der Waals surface area contributed by atoms with E-state index in [0.717, 1.165) is 0 Å². The summed E-state index contributed by atoms with van der Waals surface area (Å²) in [6.07, 6.45) is -4.26. The van der Waals surface area contributed by atoms with Crippen LogP contribution < -0.4 is 10.1 Å². The number of ether oxygens (including phenoxy) is 1. The Labute approximate surface area is 137 Å². The third-order valence-corrected chi connectivity index (χ3v) is 3.30. The Morgan fingerprint density at radius 3 is 2.54 bits per heavy atom. The Morgan fingerprint density at radius 2 is 1.88 bits per heavy atom. The van der Waals surface area contributed by atoms with Crippen LogP contribution in [0.3, 0.4) is 0 Å². The Morgan fingerprint density at radius 1 is 1.12 bits per heavy atom. The largest absolute Gasteiger partial charge is 0.573 e. The number of hydrogen-bond donors (Lipinski definition) is 2. The zero-order valence-corrected chi connectivity index (χ0v) is 12.6. The number of nitrogens with one attached hydrogen (secondary N) is 1. The van der Waals surface area contributed by atoms with Crippen LogP contribution in [0, 0.1) is 11.3 Å². The summed E-state index contributed by atoms with van der Waals surface area (Å²) in [5.74, 6) is -0.213. The Hall–Kier alpha value is -2.72. The molecule has 0 saturated heterocycles. The van der Waals surface area contributed by atoms with Crippen LogP contribution in [-0.2, 0) is 13.0 Å². The molecule has 0 unspecified atom stereocenters. The van der Waals surface area contributed by atoms with Crippen molar-refractivity contribution < 1.29 is 23.0 Å². The van der Waals surface area contributed by atoms with Gasteiger partial charge < -0.3 is 15.2 Å². The van der Waals surface area contributed by atoms with Crippen LogP contribution in [0.4, 0.5) is 13.2 Å². The van der Waals surface area contributed by atoms with Gasteiger partial charge in [-0.1, -0.05) is 24.3 Å². The van der Waals surface area contributed by atoms with Crippen molar-refractivity contribution in [2.45, 2.75) is 19.3 Å². The number of alkyl halides is 3. The fourth-order valence-corrected chi connectivity index (χ4v) is 2.17. The smallest absolute Gasteiger partial charge is 0.508 e. The molecule has 0 aliphatic rings. The SMILES string of the molecule is N#Cc1ccc(CCNCc2ccccc2OC(F)(F)F)c(O)c1. The quantitative estimate of drug-likeness (QED) is 0.793. The summed E-state index contributed by atoms with van der Waals surface area (Å²) in [4.78, 5) is 0. The average molecular weight is 336 g/mol. The molecular formula is C17H15F3N2O2. The first-order chi connectivity index (χ1) is 11.4. The molecule has 0 aromatic heterocycles. The predicted octanol–water partition coefficient (Wildman–Crippen LogP) is 3.49. The van der Waals surface area contributed by atoms with Gasteiger partial charge in [0, 0.05) is 12.1 Å². The molecule has 24 heavy (non-hydrogen) atoms. The van der Waals surface area contributed by atoms with Crippen LogP contribution >= 0.6 is 0 Å². The normalized spacial score (nSPS) is 11.1. The zero-order chi connectivity index (χ0) is 17.6.